The summed E-state index contributed by atoms with van der Waals surface area (Å²) in [5, 5.41) is 1.22. The number of benzene rings is 2. The summed E-state index contributed by atoms with van der Waals surface area (Å²) in [5.41, 5.74) is 1.66. The molecular weight excluding hydrogens is 378 g/mol. The first-order chi connectivity index (χ1) is 12.8. The molecule has 0 bridgehead atoms. The molecule has 0 radical (unpaired) electrons. The van der Waals surface area contributed by atoms with Gasteiger partial charge in [0.05, 0.1) is 0 Å². The van der Waals surface area contributed by atoms with Crippen LogP contribution < -0.4 is 21.7 Å². The summed E-state index contributed by atoms with van der Waals surface area (Å²) in [6.07, 6.45) is 5.49. The third-order valence-electron chi connectivity index (χ3n) is 4.17. The van der Waals surface area contributed by atoms with Crippen LogP contribution >= 0.6 is 11.8 Å². The average molecular weight is 396 g/mol. The highest BCUT2D eigenvalue weighted by atomic mass is 35.5. The van der Waals surface area contributed by atoms with E-state index >= 15 is 0 Å². The average Bonchev–Trinajstić information content (AvgIpc) is 3.11. The van der Waals surface area contributed by atoms with Crippen LogP contribution in [0, 0.1) is 0 Å². The number of aromatic nitrogens is 1. The topological polar surface area (TPSA) is 30.2 Å². The van der Waals surface area contributed by atoms with Gasteiger partial charge in [0.2, 0.25) is 5.03 Å². The molecule has 3 aromatic rings. The highest BCUT2D eigenvalue weighted by Crippen LogP contribution is 2.27. The van der Waals surface area contributed by atoms with Gasteiger partial charge in [0.15, 0.2) is 12.0 Å². The first-order valence-corrected chi connectivity index (χ1v) is 9.45. The number of halogens is 1. The second kappa shape index (κ2) is 8.89. The third-order valence-corrected chi connectivity index (χ3v) is 5.27. The van der Waals surface area contributed by atoms with Gasteiger partial charge in [-0.3, -0.25) is 4.79 Å². The maximum Gasteiger partial charge on any atom is 0.312 e. The molecule has 3 nitrogen and oxygen atoms in total. The summed E-state index contributed by atoms with van der Waals surface area (Å²) in [7, 11) is 0. The molecule has 0 spiro atoms. The Bertz CT molecular complexity index is 942. The van der Waals surface area contributed by atoms with E-state index in [1.807, 2.05) is 79.0 Å². The number of carbonyl (C=O) groups is 1. The van der Waals surface area contributed by atoms with Crippen LogP contribution in [0.2, 0.25) is 0 Å². The number of carbonyl (C=O) groups excluding carboxylic acids is 1. The number of allylic oxidation sites excluding steroid dienone is 1. The van der Waals surface area contributed by atoms with Crippen molar-refractivity contribution < 1.29 is 26.5 Å². The van der Waals surface area contributed by atoms with Crippen molar-refractivity contribution in [2.24, 2.45) is 0 Å². The molecule has 0 saturated carbocycles. The van der Waals surface area contributed by atoms with Gasteiger partial charge < -0.3 is 17.1 Å². The fourth-order valence-electron chi connectivity index (χ4n) is 2.81. The first-order valence-electron chi connectivity index (χ1n) is 8.47. The summed E-state index contributed by atoms with van der Waals surface area (Å²) in [4.78, 5) is 12.1. The van der Waals surface area contributed by atoms with E-state index in [0.717, 1.165) is 17.1 Å². The Labute approximate surface area is 169 Å². The highest BCUT2D eigenvalue weighted by Gasteiger charge is 2.32. The number of hydrogen-bond donors (Lipinski definition) is 0. The molecule has 1 aliphatic rings. The van der Waals surface area contributed by atoms with Gasteiger partial charge in [-0.1, -0.05) is 48.5 Å². The zero-order valence-corrected chi connectivity index (χ0v) is 16.1. The largest absolute Gasteiger partial charge is 1.00 e. The number of hydrogen-bond acceptors (Lipinski definition) is 3. The van der Waals surface area contributed by atoms with Crippen molar-refractivity contribution in [2.45, 2.75) is 11.3 Å². The lowest BCUT2D eigenvalue weighted by atomic mass is 10.1. The molecule has 1 unspecified atom stereocenters. The van der Waals surface area contributed by atoms with Crippen molar-refractivity contribution in [3.8, 4) is 5.75 Å². The summed E-state index contributed by atoms with van der Waals surface area (Å²) >= 11 is 1.80. The zero-order chi connectivity index (χ0) is 17.8. The summed E-state index contributed by atoms with van der Waals surface area (Å²) < 4.78 is 8.25. The van der Waals surface area contributed by atoms with Crippen molar-refractivity contribution in [3.05, 3.63) is 96.2 Å². The number of ether oxygens (including phenoxy) is 1. The summed E-state index contributed by atoms with van der Waals surface area (Å²) in [6.45, 7) is 0. The second-order valence-electron chi connectivity index (χ2n) is 5.96. The molecule has 1 aromatic heterocycles. The number of fused-ring (bicyclic) bond motifs is 1. The van der Waals surface area contributed by atoms with Crippen molar-refractivity contribution >= 4 is 23.6 Å². The number of ketones is 1. The molecule has 136 valence electrons. The Hall–Kier alpha value is -2.56. The van der Waals surface area contributed by atoms with Gasteiger partial charge in [-0.15, -0.1) is 0 Å². The molecule has 2 heterocycles. The monoisotopic (exact) mass is 395 g/mol. The minimum atomic E-state index is 0. The third kappa shape index (κ3) is 4.59. The lowest BCUT2D eigenvalue weighted by Gasteiger charge is -2.09. The Morgan fingerprint density at radius 1 is 1.00 bits per heavy atom. The number of pyridine rings is 1. The van der Waals surface area contributed by atoms with Crippen LogP contribution in [0.15, 0.2) is 90.1 Å². The minimum Gasteiger partial charge on any atom is -1.00 e. The fraction of sp³-hybridized carbons (Fsp3) is 0.0909. The van der Waals surface area contributed by atoms with Gasteiger partial charge in [0.1, 0.15) is 11.5 Å². The smallest absolute Gasteiger partial charge is 0.312 e. The van der Waals surface area contributed by atoms with Crippen LogP contribution in [0.5, 0.6) is 5.75 Å². The van der Waals surface area contributed by atoms with E-state index in [9.17, 15) is 4.79 Å². The van der Waals surface area contributed by atoms with E-state index in [4.69, 9.17) is 4.74 Å². The Morgan fingerprint density at radius 3 is 2.52 bits per heavy atom. The van der Waals surface area contributed by atoms with Crippen LogP contribution in [0.25, 0.3) is 6.08 Å². The Balaban J connectivity index is 0.00000210. The predicted molar refractivity (Wildman–Crippen MR) is 103 cm³/mol. The van der Waals surface area contributed by atoms with E-state index in [1.165, 1.54) is 5.03 Å². The molecule has 27 heavy (non-hydrogen) atoms. The Kier molecular flexibility index (Phi) is 6.32. The SMILES string of the molecule is O=C(/C=C/c1ccc(OC2CSc3cccc[n+]32)cc1)c1ccccc1.[Cl-]. The molecule has 0 saturated heterocycles. The lowest BCUT2D eigenvalue weighted by Crippen LogP contribution is -3.00. The van der Waals surface area contributed by atoms with Crippen LogP contribution in [0.1, 0.15) is 22.1 Å². The first kappa shape index (κ1) is 19.2. The van der Waals surface area contributed by atoms with E-state index < -0.39 is 0 Å². The van der Waals surface area contributed by atoms with E-state index in [2.05, 4.69) is 10.6 Å². The highest BCUT2D eigenvalue weighted by molar-refractivity contribution is 7.99. The molecule has 0 aliphatic carbocycles. The minimum absolute atomic E-state index is 0. The summed E-state index contributed by atoms with van der Waals surface area (Å²) in [5.74, 6) is 1.73. The molecule has 1 atom stereocenters. The Morgan fingerprint density at radius 2 is 1.74 bits per heavy atom. The number of nitrogens with zero attached hydrogens (tertiary/aromatic N) is 1. The zero-order valence-electron chi connectivity index (χ0n) is 14.5. The maximum atomic E-state index is 12.1. The van der Waals surface area contributed by atoms with Gasteiger partial charge in [0.25, 0.3) is 0 Å². The fourth-order valence-corrected chi connectivity index (χ4v) is 3.86. The second-order valence-corrected chi connectivity index (χ2v) is 7.00. The molecule has 5 heteroatoms. The molecule has 0 amide bonds. The van der Waals surface area contributed by atoms with Gasteiger partial charge in [-0.2, -0.15) is 4.57 Å². The van der Waals surface area contributed by atoms with E-state index in [-0.39, 0.29) is 24.4 Å². The summed E-state index contributed by atoms with van der Waals surface area (Å²) in [6, 6.07) is 23.2. The van der Waals surface area contributed by atoms with Crippen molar-refractivity contribution in [1.29, 1.82) is 0 Å². The van der Waals surface area contributed by atoms with Crippen molar-refractivity contribution in [2.75, 3.05) is 5.75 Å². The predicted octanol–water partition coefficient (Wildman–Crippen LogP) is 1.56. The number of rotatable bonds is 5. The molecule has 4 rings (SSSR count). The van der Waals surface area contributed by atoms with Crippen LogP contribution in [0.4, 0.5) is 0 Å². The number of thioether (sulfide) groups is 1. The van der Waals surface area contributed by atoms with E-state index in [1.54, 1.807) is 17.8 Å². The normalized spacial score (nSPS) is 15.2. The van der Waals surface area contributed by atoms with Gasteiger partial charge in [-0.25, -0.2) is 0 Å². The van der Waals surface area contributed by atoms with Crippen LogP contribution in [0.3, 0.4) is 0 Å². The molecule has 0 N–H and O–H groups in total. The van der Waals surface area contributed by atoms with Gasteiger partial charge in [0, 0.05) is 17.7 Å². The molecule has 2 aromatic carbocycles. The van der Waals surface area contributed by atoms with Crippen molar-refractivity contribution in [3.63, 3.8) is 0 Å². The standard InChI is InChI=1S/C22H18NO2S.ClH/c24-20(18-6-2-1-3-7-18)14-11-17-9-12-19(13-10-17)25-21-16-26-22-8-4-5-15-23(21)22;/h1-15,21H,16H2;1H/q+1;/p-1/b14-11+;. The molecule has 1 aliphatic heterocycles. The maximum absolute atomic E-state index is 12.1. The quantitative estimate of drug-likeness (QED) is 0.373. The van der Waals surface area contributed by atoms with Gasteiger partial charge in [-0.05, 0) is 41.6 Å². The van der Waals surface area contributed by atoms with Gasteiger partial charge >= 0.3 is 6.23 Å². The molecular formula is C22H18ClNO2S. The van der Waals surface area contributed by atoms with E-state index in [0.29, 0.717) is 5.56 Å². The van der Waals surface area contributed by atoms with Crippen LogP contribution in [-0.4, -0.2) is 11.5 Å². The lowest BCUT2D eigenvalue weighted by molar-refractivity contribution is -0.775. The molecule has 0 fully saturated rings. The van der Waals surface area contributed by atoms with Crippen molar-refractivity contribution in [1.82, 2.24) is 0 Å². The van der Waals surface area contributed by atoms with Crippen LogP contribution in [-0.2, 0) is 0 Å².